The Morgan fingerprint density at radius 3 is 2.63 bits per heavy atom. The third-order valence-corrected chi connectivity index (χ3v) is 5.16. The molecule has 8 nitrogen and oxygen atoms in total. The summed E-state index contributed by atoms with van der Waals surface area (Å²) in [6, 6.07) is 7.21. The van der Waals surface area contributed by atoms with Gasteiger partial charge in [-0.25, -0.2) is 18.2 Å². The Morgan fingerprint density at radius 1 is 1.30 bits per heavy atom. The zero-order valence-corrected chi connectivity index (χ0v) is 15.4. The summed E-state index contributed by atoms with van der Waals surface area (Å²) < 4.78 is 28.7. The van der Waals surface area contributed by atoms with Crippen LogP contribution in [0.25, 0.3) is 0 Å². The van der Waals surface area contributed by atoms with Crippen molar-refractivity contribution < 1.29 is 27.9 Å². The molecular formula is C18H18N2O6S. The summed E-state index contributed by atoms with van der Waals surface area (Å²) in [4.78, 5) is 28.7. The van der Waals surface area contributed by atoms with Crippen molar-refractivity contribution in [2.24, 2.45) is 0 Å². The maximum atomic E-state index is 11.9. The number of hydrogen-bond acceptors (Lipinski definition) is 6. The number of pyridine rings is 1. The molecule has 1 aromatic carbocycles. The third-order valence-electron chi connectivity index (χ3n) is 4.16. The lowest BCUT2D eigenvalue weighted by molar-refractivity contribution is -0.128. The summed E-state index contributed by atoms with van der Waals surface area (Å²) in [6.45, 7) is 0.951. The van der Waals surface area contributed by atoms with E-state index in [0.29, 0.717) is 25.1 Å². The zero-order valence-electron chi connectivity index (χ0n) is 14.6. The van der Waals surface area contributed by atoms with E-state index in [1.165, 1.54) is 30.5 Å². The molecule has 0 saturated carbocycles. The van der Waals surface area contributed by atoms with Crippen LogP contribution in [0.5, 0.6) is 11.5 Å². The van der Waals surface area contributed by atoms with Crippen molar-refractivity contribution in [2.45, 2.75) is 24.4 Å². The van der Waals surface area contributed by atoms with Crippen LogP contribution in [0.15, 0.2) is 41.6 Å². The first kappa shape index (κ1) is 18.8. The van der Waals surface area contributed by atoms with Crippen molar-refractivity contribution in [3.05, 3.63) is 47.7 Å². The minimum atomic E-state index is -3.43. The number of likely N-dealkylation sites (tertiary alicyclic amines) is 1. The number of aromatic nitrogens is 1. The van der Waals surface area contributed by atoms with Crippen molar-refractivity contribution in [3.8, 4) is 11.5 Å². The zero-order chi connectivity index (χ0) is 19.6. The molecule has 2 heterocycles. The molecule has 1 saturated heterocycles. The predicted molar refractivity (Wildman–Crippen MR) is 95.5 cm³/mol. The fraction of sp³-hybridized carbons (Fsp3) is 0.278. The molecule has 1 aromatic heterocycles. The topological polar surface area (TPSA) is 114 Å². The number of nitrogens with zero attached hydrogens (tertiary/aromatic N) is 2. The number of sulfone groups is 1. The lowest BCUT2D eigenvalue weighted by atomic mass is 10.1. The maximum absolute atomic E-state index is 11.9. The predicted octanol–water partition coefficient (Wildman–Crippen LogP) is 2.10. The summed E-state index contributed by atoms with van der Waals surface area (Å²) in [6.07, 6.45) is 3.60. The molecule has 1 aliphatic heterocycles. The van der Waals surface area contributed by atoms with E-state index in [4.69, 9.17) is 4.74 Å². The monoisotopic (exact) mass is 390 g/mol. The van der Waals surface area contributed by atoms with Crippen molar-refractivity contribution in [2.75, 3.05) is 12.8 Å². The standard InChI is InChI=1S/C18H18N2O6S/c1-27(24,25)16-7-6-14(10-19-16)26-15-9-12(18(22)23)4-5-13(15)11-20-8-2-3-17(20)21/h4-7,9-10H,2-3,8,11H2,1H3,(H,22,23). The lowest BCUT2D eigenvalue weighted by Gasteiger charge is -2.18. The Balaban J connectivity index is 1.90. The molecule has 1 amide bonds. The molecule has 27 heavy (non-hydrogen) atoms. The number of carboxylic acids is 1. The van der Waals surface area contributed by atoms with E-state index in [9.17, 15) is 23.1 Å². The molecule has 9 heteroatoms. The minimum Gasteiger partial charge on any atom is -0.478 e. The van der Waals surface area contributed by atoms with E-state index in [1.807, 2.05) is 0 Å². The number of amides is 1. The Labute approximate surface area is 156 Å². The third kappa shape index (κ3) is 4.43. The molecule has 142 valence electrons. The molecule has 0 atom stereocenters. The van der Waals surface area contributed by atoms with Gasteiger partial charge in [0.1, 0.15) is 11.5 Å². The van der Waals surface area contributed by atoms with Crippen molar-refractivity contribution >= 4 is 21.7 Å². The van der Waals surface area contributed by atoms with E-state index >= 15 is 0 Å². The van der Waals surface area contributed by atoms with Crippen LogP contribution in [0.4, 0.5) is 0 Å². The van der Waals surface area contributed by atoms with Crippen LogP contribution in [0.3, 0.4) is 0 Å². The van der Waals surface area contributed by atoms with Gasteiger partial charge in [0.25, 0.3) is 0 Å². The van der Waals surface area contributed by atoms with E-state index in [1.54, 1.807) is 11.0 Å². The highest BCUT2D eigenvalue weighted by atomic mass is 32.2. The smallest absolute Gasteiger partial charge is 0.335 e. The summed E-state index contributed by atoms with van der Waals surface area (Å²) in [5.74, 6) is -0.515. The van der Waals surface area contributed by atoms with E-state index in [0.717, 1.165) is 12.7 Å². The van der Waals surface area contributed by atoms with Crippen molar-refractivity contribution in [1.82, 2.24) is 9.88 Å². The summed E-state index contributed by atoms with van der Waals surface area (Å²) in [7, 11) is -3.43. The Hall–Kier alpha value is -2.94. The first-order valence-electron chi connectivity index (χ1n) is 8.22. The number of ether oxygens (including phenoxy) is 1. The summed E-state index contributed by atoms with van der Waals surface area (Å²) >= 11 is 0. The average Bonchev–Trinajstić information content (AvgIpc) is 3.01. The number of carbonyl (C=O) groups excluding carboxylic acids is 1. The number of carboxylic acid groups (broad SMARTS) is 1. The normalized spacial score (nSPS) is 14.4. The van der Waals surface area contributed by atoms with Gasteiger partial charge in [0.15, 0.2) is 14.9 Å². The van der Waals surface area contributed by atoms with Crippen molar-refractivity contribution in [3.63, 3.8) is 0 Å². The van der Waals surface area contributed by atoms with Gasteiger partial charge in [-0.2, -0.15) is 0 Å². The molecule has 2 aromatic rings. The van der Waals surface area contributed by atoms with Crippen LogP contribution in [0.2, 0.25) is 0 Å². The van der Waals surface area contributed by atoms with Gasteiger partial charge in [-0.3, -0.25) is 4.79 Å². The molecule has 3 rings (SSSR count). The molecule has 1 fully saturated rings. The van der Waals surface area contributed by atoms with Gasteiger partial charge in [-0.1, -0.05) is 6.07 Å². The van der Waals surface area contributed by atoms with Gasteiger partial charge < -0.3 is 14.7 Å². The van der Waals surface area contributed by atoms with Gasteiger partial charge in [0.05, 0.1) is 11.8 Å². The van der Waals surface area contributed by atoms with Crippen molar-refractivity contribution in [1.29, 1.82) is 0 Å². The SMILES string of the molecule is CS(=O)(=O)c1ccc(Oc2cc(C(=O)O)ccc2CN2CCCC2=O)cn1. The number of aromatic carboxylic acids is 1. The largest absolute Gasteiger partial charge is 0.478 e. The van der Waals surface area contributed by atoms with Crippen LogP contribution in [0, 0.1) is 0 Å². The maximum Gasteiger partial charge on any atom is 0.335 e. The molecule has 1 aliphatic rings. The molecule has 0 radical (unpaired) electrons. The second-order valence-electron chi connectivity index (χ2n) is 6.25. The molecular weight excluding hydrogens is 372 g/mol. The number of carbonyl (C=O) groups is 2. The van der Waals surface area contributed by atoms with E-state index < -0.39 is 15.8 Å². The Morgan fingerprint density at radius 2 is 2.07 bits per heavy atom. The van der Waals surface area contributed by atoms with Gasteiger partial charge in [-0.05, 0) is 30.7 Å². The first-order chi connectivity index (χ1) is 12.7. The van der Waals surface area contributed by atoms with Crippen LogP contribution in [-0.4, -0.2) is 48.1 Å². The number of rotatable bonds is 6. The van der Waals surface area contributed by atoms with E-state index in [-0.39, 0.29) is 28.0 Å². The van der Waals surface area contributed by atoms with Crippen LogP contribution in [0.1, 0.15) is 28.8 Å². The van der Waals surface area contributed by atoms with Gasteiger partial charge in [0.2, 0.25) is 5.91 Å². The fourth-order valence-electron chi connectivity index (χ4n) is 2.76. The van der Waals surface area contributed by atoms with E-state index in [2.05, 4.69) is 4.98 Å². The molecule has 0 unspecified atom stereocenters. The number of benzene rings is 1. The Bertz CT molecular complexity index is 985. The Kier molecular flexibility index (Phi) is 5.13. The van der Waals surface area contributed by atoms with Crippen LogP contribution < -0.4 is 4.74 Å². The minimum absolute atomic E-state index is 0.0437. The molecule has 1 N–H and O–H groups in total. The first-order valence-corrected chi connectivity index (χ1v) is 10.1. The number of hydrogen-bond donors (Lipinski definition) is 1. The highest BCUT2D eigenvalue weighted by Gasteiger charge is 2.22. The average molecular weight is 390 g/mol. The molecule has 0 bridgehead atoms. The quantitative estimate of drug-likeness (QED) is 0.803. The van der Waals surface area contributed by atoms with Gasteiger partial charge in [0, 0.05) is 31.3 Å². The summed E-state index contributed by atoms with van der Waals surface area (Å²) in [5, 5.41) is 9.13. The fourth-order valence-corrected chi connectivity index (χ4v) is 3.32. The second kappa shape index (κ2) is 7.36. The highest BCUT2D eigenvalue weighted by molar-refractivity contribution is 7.90. The summed E-state index contributed by atoms with van der Waals surface area (Å²) in [5.41, 5.74) is 0.699. The highest BCUT2D eigenvalue weighted by Crippen LogP contribution is 2.29. The lowest BCUT2D eigenvalue weighted by Crippen LogP contribution is -2.24. The second-order valence-corrected chi connectivity index (χ2v) is 8.22. The van der Waals surface area contributed by atoms with Crippen LogP contribution in [-0.2, 0) is 21.2 Å². The van der Waals surface area contributed by atoms with Gasteiger partial charge >= 0.3 is 5.97 Å². The van der Waals surface area contributed by atoms with Gasteiger partial charge in [-0.15, -0.1) is 0 Å². The van der Waals surface area contributed by atoms with Crippen LogP contribution >= 0.6 is 0 Å². The molecule has 0 spiro atoms. The molecule has 0 aliphatic carbocycles.